The Morgan fingerprint density at radius 2 is 1.08 bits per heavy atom. The molecule has 0 fully saturated rings. The van der Waals surface area contributed by atoms with Gasteiger partial charge in [-0.2, -0.15) is 0 Å². The molecule has 0 amide bonds. The molecule has 0 unspecified atom stereocenters. The first-order valence-corrected chi connectivity index (χ1v) is 8.79. The Morgan fingerprint density at radius 1 is 0.577 bits per heavy atom. The largest absolute Gasteiger partial charge is 0.376 e. The molecule has 0 N–H and O–H groups in total. The van der Waals surface area contributed by atoms with Crippen LogP contribution in [0.1, 0.15) is 0 Å². The molecule has 2 aromatic heterocycles. The maximum atomic E-state index is 4.40. The van der Waals surface area contributed by atoms with Gasteiger partial charge in [0.25, 0.3) is 0 Å². The molecule has 4 heterocycles. The summed E-state index contributed by atoms with van der Waals surface area (Å²) in [5, 5.41) is 0. The number of hydrogen-bond donors (Lipinski definition) is 0. The number of pyridine rings is 2. The van der Waals surface area contributed by atoms with Gasteiger partial charge in [-0.05, 0) is 34.2 Å². The van der Waals surface area contributed by atoms with E-state index in [1.54, 1.807) is 0 Å². The van der Waals surface area contributed by atoms with Crippen LogP contribution in [0.25, 0.3) is 22.3 Å². The lowest BCUT2D eigenvalue weighted by Gasteiger charge is -2.42. The van der Waals surface area contributed by atoms with Gasteiger partial charge in [0.2, 0.25) is 0 Å². The van der Waals surface area contributed by atoms with Gasteiger partial charge in [-0.3, -0.25) is 9.97 Å². The van der Waals surface area contributed by atoms with Gasteiger partial charge in [0.05, 0.1) is 0 Å². The standard InChI is InChI=1S/C22H14BN3/c1-3-7-19-15(5-1)17-13-24-11-9-21(17)26-22-10-12-25-14-18(22)16-6-2-4-8-20(16)23(19)26/h1-14H. The highest BCUT2D eigenvalue weighted by Crippen LogP contribution is 2.44. The average molecular weight is 331 g/mol. The van der Waals surface area contributed by atoms with Gasteiger partial charge in [-0.15, -0.1) is 0 Å². The number of benzene rings is 2. The van der Waals surface area contributed by atoms with Gasteiger partial charge in [0, 0.05) is 47.3 Å². The summed E-state index contributed by atoms with van der Waals surface area (Å²) in [5.41, 5.74) is 9.94. The minimum atomic E-state index is 0.159. The molecular formula is C22H14BN3. The van der Waals surface area contributed by atoms with Crippen LogP contribution in [0.3, 0.4) is 0 Å². The smallest absolute Gasteiger partial charge is 0.329 e. The van der Waals surface area contributed by atoms with E-state index >= 15 is 0 Å². The molecule has 2 aromatic carbocycles. The quantitative estimate of drug-likeness (QED) is 0.463. The van der Waals surface area contributed by atoms with Crippen molar-refractivity contribution < 1.29 is 0 Å². The van der Waals surface area contributed by atoms with E-state index in [0.29, 0.717) is 0 Å². The number of aromatic nitrogens is 2. The minimum Gasteiger partial charge on any atom is -0.376 e. The van der Waals surface area contributed by atoms with Crippen LogP contribution in [-0.2, 0) is 0 Å². The molecular weight excluding hydrogens is 317 g/mol. The van der Waals surface area contributed by atoms with Crippen molar-refractivity contribution in [1.82, 2.24) is 9.97 Å². The molecule has 0 saturated heterocycles. The fraction of sp³-hybridized carbons (Fsp3) is 0. The highest BCUT2D eigenvalue weighted by molar-refractivity contribution is 6.92. The molecule has 0 aliphatic carbocycles. The maximum absolute atomic E-state index is 4.40. The van der Waals surface area contributed by atoms with Crippen LogP contribution in [0.2, 0.25) is 0 Å². The van der Waals surface area contributed by atoms with Gasteiger partial charge in [0.1, 0.15) is 0 Å². The summed E-state index contributed by atoms with van der Waals surface area (Å²) < 4.78 is 0. The summed E-state index contributed by atoms with van der Waals surface area (Å²) >= 11 is 0. The highest BCUT2D eigenvalue weighted by Gasteiger charge is 2.41. The van der Waals surface area contributed by atoms with Crippen molar-refractivity contribution in [3.05, 3.63) is 85.5 Å². The van der Waals surface area contributed by atoms with Crippen LogP contribution in [-0.4, -0.2) is 16.8 Å². The molecule has 6 rings (SSSR count). The zero-order valence-corrected chi connectivity index (χ0v) is 14.0. The van der Waals surface area contributed by atoms with E-state index in [0.717, 1.165) is 0 Å². The predicted octanol–water partition coefficient (Wildman–Crippen LogP) is 3.38. The summed E-state index contributed by atoms with van der Waals surface area (Å²) in [4.78, 5) is 11.2. The highest BCUT2D eigenvalue weighted by atomic mass is 15.1. The van der Waals surface area contributed by atoms with Crippen LogP contribution in [0.5, 0.6) is 0 Å². The molecule has 0 spiro atoms. The number of nitrogens with zero attached hydrogens (tertiary/aromatic N) is 3. The number of fused-ring (bicyclic) bond motifs is 11. The molecule has 0 bridgehead atoms. The monoisotopic (exact) mass is 331 g/mol. The Kier molecular flexibility index (Phi) is 2.69. The predicted molar refractivity (Wildman–Crippen MR) is 107 cm³/mol. The van der Waals surface area contributed by atoms with Crippen molar-refractivity contribution in [3.8, 4) is 22.3 Å². The molecule has 2 aliphatic heterocycles. The first kappa shape index (κ1) is 13.8. The van der Waals surface area contributed by atoms with Crippen LogP contribution >= 0.6 is 0 Å². The normalized spacial score (nSPS) is 13.2. The number of rotatable bonds is 0. The average Bonchev–Trinajstić information content (AvgIpc) is 2.73. The second kappa shape index (κ2) is 5.05. The first-order valence-electron chi connectivity index (χ1n) is 8.79. The van der Waals surface area contributed by atoms with Gasteiger partial charge in [0.15, 0.2) is 0 Å². The summed E-state index contributed by atoms with van der Waals surface area (Å²) in [7, 11) is 0. The van der Waals surface area contributed by atoms with Crippen molar-refractivity contribution in [2.75, 3.05) is 4.81 Å². The second-order valence-electron chi connectivity index (χ2n) is 6.73. The third kappa shape index (κ3) is 1.68. The third-order valence-electron chi connectivity index (χ3n) is 5.46. The van der Waals surface area contributed by atoms with Gasteiger partial charge in [-0.25, -0.2) is 0 Å². The molecule has 4 aromatic rings. The van der Waals surface area contributed by atoms with E-state index in [4.69, 9.17) is 0 Å². The van der Waals surface area contributed by atoms with E-state index in [-0.39, 0.29) is 6.85 Å². The molecule has 0 radical (unpaired) electrons. The molecule has 2 aliphatic rings. The van der Waals surface area contributed by atoms with Crippen molar-refractivity contribution >= 4 is 29.1 Å². The zero-order valence-electron chi connectivity index (χ0n) is 14.0. The van der Waals surface area contributed by atoms with Gasteiger partial charge < -0.3 is 4.81 Å². The molecule has 0 atom stereocenters. The van der Waals surface area contributed by atoms with E-state index in [1.807, 2.05) is 24.8 Å². The molecule has 0 saturated carbocycles. The first-order chi connectivity index (χ1) is 12.9. The molecule has 26 heavy (non-hydrogen) atoms. The van der Waals surface area contributed by atoms with Crippen LogP contribution in [0.4, 0.5) is 11.4 Å². The number of hydrogen-bond acceptors (Lipinski definition) is 3. The fourth-order valence-electron chi connectivity index (χ4n) is 4.42. The third-order valence-corrected chi connectivity index (χ3v) is 5.46. The maximum Gasteiger partial charge on any atom is 0.329 e. The lowest BCUT2D eigenvalue weighted by atomic mass is 9.43. The van der Waals surface area contributed by atoms with E-state index in [2.05, 4.69) is 75.4 Å². The Bertz CT molecular complexity index is 987. The van der Waals surface area contributed by atoms with Crippen molar-refractivity contribution in [2.24, 2.45) is 0 Å². The Labute approximate surface area is 152 Å². The Morgan fingerprint density at radius 3 is 1.62 bits per heavy atom. The van der Waals surface area contributed by atoms with E-state index < -0.39 is 0 Å². The summed E-state index contributed by atoms with van der Waals surface area (Å²) in [6.45, 7) is 0.159. The van der Waals surface area contributed by atoms with Crippen LogP contribution in [0.15, 0.2) is 85.5 Å². The van der Waals surface area contributed by atoms with Crippen LogP contribution in [0, 0.1) is 0 Å². The molecule has 3 nitrogen and oxygen atoms in total. The molecule has 4 heteroatoms. The Hall–Kier alpha value is -3.40. The SMILES string of the molecule is c1ccc2c(c1)B1c3ccccc3-c3cnccc3N1c1ccncc1-2. The van der Waals surface area contributed by atoms with Gasteiger partial charge >= 0.3 is 6.85 Å². The lowest BCUT2D eigenvalue weighted by Crippen LogP contribution is -2.59. The Balaban J connectivity index is 1.77. The van der Waals surface area contributed by atoms with E-state index in [1.165, 1.54) is 44.6 Å². The van der Waals surface area contributed by atoms with Gasteiger partial charge in [-0.1, -0.05) is 48.5 Å². The summed E-state index contributed by atoms with van der Waals surface area (Å²) in [6, 6.07) is 21.6. The zero-order chi connectivity index (χ0) is 17.1. The topological polar surface area (TPSA) is 29.0 Å². The van der Waals surface area contributed by atoms with E-state index in [9.17, 15) is 0 Å². The second-order valence-corrected chi connectivity index (χ2v) is 6.73. The lowest BCUT2D eigenvalue weighted by molar-refractivity contribution is 1.25. The number of anilines is 2. The van der Waals surface area contributed by atoms with Crippen molar-refractivity contribution in [3.63, 3.8) is 0 Å². The van der Waals surface area contributed by atoms with Crippen LogP contribution < -0.4 is 15.7 Å². The minimum absolute atomic E-state index is 0.159. The van der Waals surface area contributed by atoms with Crippen molar-refractivity contribution in [2.45, 2.75) is 0 Å². The van der Waals surface area contributed by atoms with Crippen molar-refractivity contribution in [1.29, 1.82) is 0 Å². The fourth-order valence-corrected chi connectivity index (χ4v) is 4.42. The summed E-state index contributed by atoms with van der Waals surface area (Å²) in [6.07, 6.45) is 7.72. The molecule has 120 valence electrons. The summed E-state index contributed by atoms with van der Waals surface area (Å²) in [5.74, 6) is 0.